The first-order chi connectivity index (χ1) is 13.2. The number of carbonyl (C=O) groups is 1. The van der Waals surface area contributed by atoms with E-state index in [1.54, 1.807) is 11.8 Å². The van der Waals surface area contributed by atoms with Crippen molar-refractivity contribution in [3.05, 3.63) is 89.2 Å². The molecule has 0 fully saturated rings. The van der Waals surface area contributed by atoms with E-state index in [1.165, 1.54) is 0 Å². The average molecular weight is 375 g/mol. The van der Waals surface area contributed by atoms with E-state index in [0.717, 1.165) is 28.3 Å². The molecule has 0 spiro atoms. The molecule has 0 aliphatic carbocycles. The van der Waals surface area contributed by atoms with Gasteiger partial charge in [0.15, 0.2) is 0 Å². The molecule has 0 saturated heterocycles. The summed E-state index contributed by atoms with van der Waals surface area (Å²) in [4.78, 5) is 12.4. The van der Waals surface area contributed by atoms with Crippen molar-refractivity contribution < 1.29 is 4.79 Å². The van der Waals surface area contributed by atoms with Gasteiger partial charge in [0.05, 0.1) is 11.6 Å². The molecule has 0 radical (unpaired) electrons. The third-order valence-corrected chi connectivity index (χ3v) is 5.29. The first kappa shape index (κ1) is 18.8. The lowest BCUT2D eigenvalue weighted by Crippen LogP contribution is -2.26. The number of benzene rings is 2. The van der Waals surface area contributed by atoms with E-state index < -0.39 is 0 Å². The summed E-state index contributed by atoms with van der Waals surface area (Å²) in [5.41, 5.74) is 4.53. The summed E-state index contributed by atoms with van der Waals surface area (Å²) < 4.78 is 2.01. The van der Waals surface area contributed by atoms with Gasteiger partial charge in [0.1, 0.15) is 0 Å². The molecule has 2 aromatic carbocycles. The fraction of sp³-hybridized carbons (Fsp3) is 0.182. The van der Waals surface area contributed by atoms with Gasteiger partial charge in [0.2, 0.25) is 0 Å². The summed E-state index contributed by atoms with van der Waals surface area (Å²) in [5, 5.41) is 12.1. The smallest absolute Gasteiger partial charge is 0.251 e. The minimum Gasteiger partial charge on any atom is -0.351 e. The number of nitriles is 1. The number of nitrogens with one attached hydrogen (secondary N) is 1. The molecule has 1 N–H and O–H groups in total. The zero-order chi connectivity index (χ0) is 19.1. The molecule has 0 atom stereocenters. The van der Waals surface area contributed by atoms with Gasteiger partial charge in [-0.3, -0.25) is 4.79 Å². The van der Waals surface area contributed by atoms with Crippen molar-refractivity contribution >= 4 is 17.7 Å². The minimum absolute atomic E-state index is 0.0681. The Balaban J connectivity index is 1.51. The largest absolute Gasteiger partial charge is 0.351 e. The normalized spacial score (nSPS) is 10.4. The highest BCUT2D eigenvalue weighted by molar-refractivity contribution is 7.98. The van der Waals surface area contributed by atoms with Gasteiger partial charge in [0.25, 0.3) is 5.91 Å². The van der Waals surface area contributed by atoms with Gasteiger partial charge in [-0.1, -0.05) is 24.3 Å². The Morgan fingerprint density at radius 3 is 2.70 bits per heavy atom. The maximum Gasteiger partial charge on any atom is 0.251 e. The zero-order valence-corrected chi connectivity index (χ0v) is 16.0. The van der Waals surface area contributed by atoms with Crippen molar-refractivity contribution in [1.82, 2.24) is 9.88 Å². The molecule has 5 heteroatoms. The molecule has 1 amide bonds. The predicted octanol–water partition coefficient (Wildman–Crippen LogP) is 4.32. The third-order valence-electron chi connectivity index (χ3n) is 4.28. The van der Waals surface area contributed by atoms with Crippen LogP contribution in [0.15, 0.2) is 67.0 Å². The molecule has 1 heterocycles. The highest BCUT2D eigenvalue weighted by Crippen LogP contribution is 2.17. The highest BCUT2D eigenvalue weighted by atomic mass is 32.2. The number of aromatic nitrogens is 1. The standard InChI is InChI=1S/C22H21N3OS/c1-17-8-9-18(14-21(17)25-11-4-5-12-25)22(26)24-10-13-27-16-20-7-3-2-6-19(20)15-23/h2-9,11-12,14H,10,13,16H2,1H3,(H,24,26). The van der Waals surface area contributed by atoms with Crippen LogP contribution >= 0.6 is 11.8 Å². The summed E-state index contributed by atoms with van der Waals surface area (Å²) in [5.74, 6) is 1.49. The Kier molecular flexibility index (Phi) is 6.35. The second-order valence-electron chi connectivity index (χ2n) is 6.17. The summed E-state index contributed by atoms with van der Waals surface area (Å²) >= 11 is 1.71. The van der Waals surface area contributed by atoms with Crippen LogP contribution < -0.4 is 5.32 Å². The summed E-state index contributed by atoms with van der Waals surface area (Å²) in [7, 11) is 0. The Morgan fingerprint density at radius 1 is 1.15 bits per heavy atom. The van der Waals surface area contributed by atoms with E-state index in [4.69, 9.17) is 5.26 Å². The summed E-state index contributed by atoms with van der Waals surface area (Å²) in [6, 6.07) is 19.5. The number of thioether (sulfide) groups is 1. The quantitative estimate of drug-likeness (QED) is 0.626. The van der Waals surface area contributed by atoms with Crippen molar-refractivity contribution in [2.24, 2.45) is 0 Å². The van der Waals surface area contributed by atoms with Crippen LogP contribution in [-0.4, -0.2) is 22.8 Å². The number of hydrogen-bond acceptors (Lipinski definition) is 3. The number of rotatable bonds is 7. The van der Waals surface area contributed by atoms with Crippen LogP contribution in [0, 0.1) is 18.3 Å². The zero-order valence-electron chi connectivity index (χ0n) is 15.2. The van der Waals surface area contributed by atoms with Gasteiger partial charge in [-0.15, -0.1) is 0 Å². The molecule has 0 unspecified atom stereocenters. The molecule has 136 valence electrons. The van der Waals surface area contributed by atoms with E-state index in [9.17, 15) is 4.79 Å². The second kappa shape index (κ2) is 9.11. The minimum atomic E-state index is -0.0681. The molecule has 0 saturated carbocycles. The Morgan fingerprint density at radius 2 is 1.93 bits per heavy atom. The topological polar surface area (TPSA) is 57.8 Å². The van der Waals surface area contributed by atoms with Crippen molar-refractivity contribution in [2.45, 2.75) is 12.7 Å². The third kappa shape index (κ3) is 4.81. The van der Waals surface area contributed by atoms with Crippen molar-refractivity contribution in [3.8, 4) is 11.8 Å². The average Bonchev–Trinajstić information content (AvgIpc) is 3.22. The first-order valence-electron chi connectivity index (χ1n) is 8.77. The molecule has 27 heavy (non-hydrogen) atoms. The van der Waals surface area contributed by atoms with Crippen LogP contribution in [0.2, 0.25) is 0 Å². The van der Waals surface area contributed by atoms with Gasteiger partial charge in [-0.25, -0.2) is 0 Å². The van der Waals surface area contributed by atoms with E-state index in [0.29, 0.717) is 17.7 Å². The van der Waals surface area contributed by atoms with Crippen LogP contribution in [0.3, 0.4) is 0 Å². The molecule has 0 aliphatic heterocycles. The summed E-state index contributed by atoms with van der Waals surface area (Å²) in [6.45, 7) is 2.62. The van der Waals surface area contributed by atoms with Gasteiger partial charge in [0, 0.05) is 41.7 Å². The number of nitrogens with zero attached hydrogens (tertiary/aromatic N) is 2. The van der Waals surface area contributed by atoms with Crippen molar-refractivity contribution in [2.75, 3.05) is 12.3 Å². The van der Waals surface area contributed by atoms with Crippen molar-refractivity contribution in [3.63, 3.8) is 0 Å². The molecular formula is C22H21N3OS. The Hall–Kier alpha value is -2.97. The van der Waals surface area contributed by atoms with Crippen LogP contribution in [0.1, 0.15) is 27.0 Å². The Labute approximate surface area is 163 Å². The molecule has 3 aromatic rings. The molecular weight excluding hydrogens is 354 g/mol. The van der Waals surface area contributed by atoms with Crippen molar-refractivity contribution in [1.29, 1.82) is 5.26 Å². The van der Waals surface area contributed by atoms with Gasteiger partial charge < -0.3 is 9.88 Å². The van der Waals surface area contributed by atoms with Crippen LogP contribution in [0.4, 0.5) is 0 Å². The predicted molar refractivity (Wildman–Crippen MR) is 110 cm³/mol. The number of aryl methyl sites for hydroxylation is 1. The van der Waals surface area contributed by atoms with E-state index >= 15 is 0 Å². The molecule has 0 aliphatic rings. The maximum absolute atomic E-state index is 12.4. The lowest BCUT2D eigenvalue weighted by atomic mass is 10.1. The Bertz CT molecular complexity index is 958. The maximum atomic E-state index is 12.4. The monoisotopic (exact) mass is 375 g/mol. The lowest BCUT2D eigenvalue weighted by Gasteiger charge is -2.11. The van der Waals surface area contributed by atoms with Gasteiger partial charge in [-0.2, -0.15) is 17.0 Å². The van der Waals surface area contributed by atoms with Gasteiger partial charge in [-0.05, 0) is 48.4 Å². The van der Waals surface area contributed by atoms with E-state index in [-0.39, 0.29) is 5.91 Å². The molecule has 0 bridgehead atoms. The first-order valence-corrected chi connectivity index (χ1v) is 9.92. The summed E-state index contributed by atoms with van der Waals surface area (Å²) in [6.07, 6.45) is 3.94. The molecule has 1 aromatic heterocycles. The SMILES string of the molecule is Cc1ccc(C(=O)NCCSCc2ccccc2C#N)cc1-n1cccc1. The number of amides is 1. The van der Waals surface area contributed by atoms with Crippen LogP contribution in [0.5, 0.6) is 0 Å². The van der Waals surface area contributed by atoms with E-state index in [1.807, 2.05) is 78.5 Å². The number of hydrogen-bond donors (Lipinski definition) is 1. The molecule has 4 nitrogen and oxygen atoms in total. The fourth-order valence-corrected chi connectivity index (χ4v) is 3.66. The van der Waals surface area contributed by atoms with E-state index in [2.05, 4.69) is 11.4 Å². The fourth-order valence-electron chi connectivity index (χ4n) is 2.80. The second-order valence-corrected chi connectivity index (χ2v) is 7.27. The highest BCUT2D eigenvalue weighted by Gasteiger charge is 2.09. The van der Waals surface area contributed by atoms with Gasteiger partial charge >= 0.3 is 0 Å². The molecule has 3 rings (SSSR count). The number of carbonyl (C=O) groups excluding carboxylic acids is 1. The van der Waals surface area contributed by atoms with Crippen LogP contribution in [0.25, 0.3) is 5.69 Å². The van der Waals surface area contributed by atoms with Crippen LogP contribution in [-0.2, 0) is 5.75 Å². The lowest BCUT2D eigenvalue weighted by molar-refractivity contribution is 0.0956.